The van der Waals surface area contributed by atoms with Crippen LogP contribution in [0, 0.1) is 6.92 Å². The zero-order valence-corrected chi connectivity index (χ0v) is 11.7. The van der Waals surface area contributed by atoms with Crippen LogP contribution < -0.4 is 10.2 Å². The normalized spacial score (nSPS) is 10.3. The third-order valence-corrected chi connectivity index (χ3v) is 3.06. The average molecular weight is 256 g/mol. The fourth-order valence-electron chi connectivity index (χ4n) is 2.01. The van der Waals surface area contributed by atoms with E-state index in [1.54, 1.807) is 0 Å². The van der Waals surface area contributed by atoms with E-state index in [-0.39, 0.29) is 0 Å². The molecule has 0 saturated heterocycles. The van der Waals surface area contributed by atoms with Crippen LogP contribution in [0.5, 0.6) is 0 Å². The fourth-order valence-corrected chi connectivity index (χ4v) is 2.01. The van der Waals surface area contributed by atoms with Crippen LogP contribution in [0.2, 0.25) is 0 Å². The van der Waals surface area contributed by atoms with Crippen LogP contribution in [0.1, 0.15) is 18.3 Å². The molecule has 2 heterocycles. The molecule has 0 saturated carbocycles. The van der Waals surface area contributed by atoms with Gasteiger partial charge in [-0.1, -0.05) is 6.07 Å². The minimum Gasteiger partial charge on any atom is -0.387 e. The molecule has 0 unspecified atom stereocenters. The maximum atomic E-state index is 4.55. The first kappa shape index (κ1) is 13.3. The summed E-state index contributed by atoms with van der Waals surface area (Å²) in [4.78, 5) is 11.1. The summed E-state index contributed by atoms with van der Waals surface area (Å²) in [6.45, 7) is 5.88. The van der Waals surface area contributed by atoms with Crippen molar-refractivity contribution < 1.29 is 0 Å². The second-order valence-electron chi connectivity index (χ2n) is 4.47. The van der Waals surface area contributed by atoms with Crippen LogP contribution in [-0.4, -0.2) is 23.6 Å². The molecule has 2 rings (SSSR count). The third kappa shape index (κ3) is 3.44. The Morgan fingerprint density at radius 3 is 2.79 bits per heavy atom. The van der Waals surface area contributed by atoms with Crippen molar-refractivity contribution in [3.63, 3.8) is 0 Å². The van der Waals surface area contributed by atoms with E-state index in [4.69, 9.17) is 0 Å². The zero-order chi connectivity index (χ0) is 13.7. The van der Waals surface area contributed by atoms with Crippen molar-refractivity contribution >= 4 is 11.4 Å². The smallest absolute Gasteiger partial charge is 0.0602 e. The van der Waals surface area contributed by atoms with Crippen LogP contribution in [0.15, 0.2) is 36.7 Å². The first-order valence-electron chi connectivity index (χ1n) is 6.53. The zero-order valence-electron chi connectivity index (χ0n) is 11.7. The van der Waals surface area contributed by atoms with Gasteiger partial charge in [0.1, 0.15) is 0 Å². The highest BCUT2D eigenvalue weighted by Crippen LogP contribution is 2.19. The summed E-state index contributed by atoms with van der Waals surface area (Å²) in [5, 5.41) is 3.11. The number of hydrogen-bond acceptors (Lipinski definition) is 4. The monoisotopic (exact) mass is 256 g/mol. The Bertz CT molecular complexity index is 539. The van der Waals surface area contributed by atoms with Gasteiger partial charge in [0.05, 0.1) is 36.0 Å². The number of aromatic nitrogens is 2. The van der Waals surface area contributed by atoms with E-state index in [2.05, 4.69) is 39.2 Å². The van der Waals surface area contributed by atoms with Crippen LogP contribution in [0.25, 0.3) is 0 Å². The van der Waals surface area contributed by atoms with E-state index in [1.807, 2.05) is 38.5 Å². The van der Waals surface area contributed by atoms with Crippen LogP contribution in [0.3, 0.4) is 0 Å². The van der Waals surface area contributed by atoms with Crippen molar-refractivity contribution in [2.24, 2.45) is 0 Å². The topological polar surface area (TPSA) is 41.1 Å². The molecule has 0 aliphatic rings. The minimum atomic E-state index is 0.799. The van der Waals surface area contributed by atoms with E-state index in [0.717, 1.165) is 35.9 Å². The number of rotatable bonds is 5. The molecule has 100 valence electrons. The number of aryl methyl sites for hydroxylation is 1. The SMILES string of the molecule is CCN(Cc1cccc(C)n1)c1cncc(NC)c1. The van der Waals surface area contributed by atoms with Crippen LogP contribution >= 0.6 is 0 Å². The molecular weight excluding hydrogens is 236 g/mol. The highest BCUT2D eigenvalue weighted by Gasteiger charge is 2.07. The van der Waals surface area contributed by atoms with Gasteiger partial charge in [0.2, 0.25) is 0 Å². The van der Waals surface area contributed by atoms with Gasteiger partial charge in [-0.15, -0.1) is 0 Å². The second-order valence-corrected chi connectivity index (χ2v) is 4.47. The Kier molecular flexibility index (Phi) is 4.34. The fraction of sp³-hybridized carbons (Fsp3) is 0.333. The molecule has 0 aromatic carbocycles. The molecule has 4 heteroatoms. The summed E-state index contributed by atoms with van der Waals surface area (Å²) in [5.41, 5.74) is 4.26. The Morgan fingerprint density at radius 2 is 2.11 bits per heavy atom. The summed E-state index contributed by atoms with van der Waals surface area (Å²) in [6, 6.07) is 8.23. The molecule has 19 heavy (non-hydrogen) atoms. The molecule has 4 nitrogen and oxygen atoms in total. The summed E-state index contributed by atoms with van der Waals surface area (Å²) in [7, 11) is 1.90. The lowest BCUT2D eigenvalue weighted by atomic mass is 10.2. The van der Waals surface area contributed by atoms with E-state index in [0.29, 0.717) is 0 Å². The lowest BCUT2D eigenvalue weighted by molar-refractivity contribution is 0.803. The Hall–Kier alpha value is -2.10. The van der Waals surface area contributed by atoms with Crippen molar-refractivity contribution in [1.29, 1.82) is 0 Å². The van der Waals surface area contributed by atoms with Crippen molar-refractivity contribution in [2.75, 3.05) is 23.8 Å². The van der Waals surface area contributed by atoms with Gasteiger partial charge in [-0.25, -0.2) is 0 Å². The molecule has 0 amide bonds. The van der Waals surface area contributed by atoms with Crippen molar-refractivity contribution in [1.82, 2.24) is 9.97 Å². The summed E-state index contributed by atoms with van der Waals surface area (Å²) in [5.74, 6) is 0. The van der Waals surface area contributed by atoms with E-state index < -0.39 is 0 Å². The lowest BCUT2D eigenvalue weighted by Gasteiger charge is -2.23. The maximum absolute atomic E-state index is 4.55. The van der Waals surface area contributed by atoms with Gasteiger partial charge in [0.25, 0.3) is 0 Å². The highest BCUT2D eigenvalue weighted by atomic mass is 15.1. The van der Waals surface area contributed by atoms with Crippen LogP contribution in [0.4, 0.5) is 11.4 Å². The molecule has 2 aromatic heterocycles. The van der Waals surface area contributed by atoms with Gasteiger partial charge in [-0.2, -0.15) is 0 Å². The van der Waals surface area contributed by atoms with Crippen LogP contribution in [-0.2, 0) is 6.54 Å². The van der Waals surface area contributed by atoms with Gasteiger partial charge in [-0.3, -0.25) is 9.97 Å². The molecule has 0 aliphatic heterocycles. The van der Waals surface area contributed by atoms with Gasteiger partial charge in [-0.05, 0) is 32.0 Å². The number of hydrogen-bond donors (Lipinski definition) is 1. The maximum Gasteiger partial charge on any atom is 0.0602 e. The molecular formula is C15H20N4. The predicted molar refractivity (Wildman–Crippen MR) is 79.5 cm³/mol. The average Bonchev–Trinajstić information content (AvgIpc) is 2.45. The Balaban J connectivity index is 2.19. The standard InChI is InChI=1S/C15H20N4/c1-4-19(11-13-7-5-6-12(2)18-13)15-8-14(16-3)9-17-10-15/h5-10,16H,4,11H2,1-3H3. The largest absolute Gasteiger partial charge is 0.387 e. The molecule has 0 radical (unpaired) electrons. The Morgan fingerprint density at radius 1 is 1.26 bits per heavy atom. The van der Waals surface area contributed by atoms with Crippen molar-refractivity contribution in [3.05, 3.63) is 48.0 Å². The van der Waals surface area contributed by atoms with E-state index in [9.17, 15) is 0 Å². The van der Waals surface area contributed by atoms with Gasteiger partial charge < -0.3 is 10.2 Å². The van der Waals surface area contributed by atoms with Crippen molar-refractivity contribution in [2.45, 2.75) is 20.4 Å². The number of nitrogens with zero attached hydrogens (tertiary/aromatic N) is 3. The van der Waals surface area contributed by atoms with Gasteiger partial charge in [0.15, 0.2) is 0 Å². The van der Waals surface area contributed by atoms with Gasteiger partial charge >= 0.3 is 0 Å². The minimum absolute atomic E-state index is 0.799. The van der Waals surface area contributed by atoms with Gasteiger partial charge in [0, 0.05) is 19.3 Å². The lowest BCUT2D eigenvalue weighted by Crippen LogP contribution is -2.23. The molecule has 0 aliphatic carbocycles. The molecule has 1 N–H and O–H groups in total. The molecule has 2 aromatic rings. The molecule has 0 bridgehead atoms. The third-order valence-electron chi connectivity index (χ3n) is 3.06. The Labute approximate surface area is 114 Å². The summed E-state index contributed by atoms with van der Waals surface area (Å²) >= 11 is 0. The van der Waals surface area contributed by atoms with E-state index >= 15 is 0 Å². The van der Waals surface area contributed by atoms with Crippen molar-refractivity contribution in [3.8, 4) is 0 Å². The quantitative estimate of drug-likeness (QED) is 0.893. The first-order valence-corrected chi connectivity index (χ1v) is 6.53. The molecule has 0 spiro atoms. The number of anilines is 2. The summed E-state index contributed by atoms with van der Waals surface area (Å²) in [6.07, 6.45) is 3.71. The number of pyridine rings is 2. The summed E-state index contributed by atoms with van der Waals surface area (Å²) < 4.78 is 0. The molecule has 0 atom stereocenters. The first-order chi connectivity index (χ1) is 9.22. The number of nitrogens with one attached hydrogen (secondary N) is 1. The van der Waals surface area contributed by atoms with E-state index in [1.165, 1.54) is 0 Å². The second kappa shape index (κ2) is 6.18. The predicted octanol–water partition coefficient (Wildman–Crippen LogP) is 2.85. The molecule has 0 fully saturated rings. The highest BCUT2D eigenvalue weighted by molar-refractivity contribution is 5.55.